The van der Waals surface area contributed by atoms with Gasteiger partial charge in [-0.15, -0.1) is 0 Å². The molecule has 2 aromatic rings. The van der Waals surface area contributed by atoms with Crippen LogP contribution in [0, 0.1) is 0 Å². The molecule has 0 heterocycles. The zero-order valence-electron chi connectivity index (χ0n) is 9.20. The minimum atomic E-state index is 0.380. The van der Waals surface area contributed by atoms with Crippen LogP contribution in [0.1, 0.15) is 5.56 Å². The van der Waals surface area contributed by atoms with Gasteiger partial charge < -0.3 is 5.73 Å². The van der Waals surface area contributed by atoms with Crippen molar-refractivity contribution in [3.63, 3.8) is 0 Å². The van der Waals surface area contributed by atoms with Crippen LogP contribution in [0.5, 0.6) is 0 Å². The van der Waals surface area contributed by atoms with Crippen LogP contribution < -0.4 is 5.73 Å². The molecule has 0 aliphatic rings. The third-order valence-electron chi connectivity index (χ3n) is 2.33. The Hall–Kier alpha value is -1.03. The number of aliphatic imine (C=N–C) groups is 1. The van der Waals surface area contributed by atoms with Gasteiger partial charge in [-0.05, 0) is 28.1 Å². The first kappa shape index (κ1) is 13.4. The third kappa shape index (κ3) is 2.86. The van der Waals surface area contributed by atoms with Crippen LogP contribution in [0.4, 0.5) is 5.69 Å². The molecule has 0 saturated carbocycles. The van der Waals surface area contributed by atoms with Crippen molar-refractivity contribution in [1.29, 1.82) is 0 Å². The van der Waals surface area contributed by atoms with Gasteiger partial charge in [-0.2, -0.15) is 0 Å². The Labute approximate surface area is 124 Å². The van der Waals surface area contributed by atoms with Gasteiger partial charge in [0.05, 0.1) is 15.7 Å². The van der Waals surface area contributed by atoms with Crippen LogP contribution in [0.3, 0.4) is 0 Å². The fourth-order valence-corrected chi connectivity index (χ4v) is 2.22. The van der Waals surface area contributed by atoms with E-state index in [1.807, 2.05) is 30.3 Å². The van der Waals surface area contributed by atoms with E-state index in [1.54, 1.807) is 12.1 Å². The fourth-order valence-electron chi connectivity index (χ4n) is 1.41. The monoisotopic (exact) mass is 342 g/mol. The molecule has 0 atom stereocenters. The number of hydrogen-bond donors (Lipinski definition) is 1. The standard InChI is InChI=1S/C13H9BrCl2N2/c14-9-6-7-10(12(16)11(9)15)18-13(17)8-4-2-1-3-5-8/h1-7H,(H2,17,18). The molecule has 0 amide bonds. The van der Waals surface area contributed by atoms with E-state index in [0.717, 1.165) is 10.0 Å². The summed E-state index contributed by atoms with van der Waals surface area (Å²) in [7, 11) is 0. The molecule has 18 heavy (non-hydrogen) atoms. The van der Waals surface area contributed by atoms with Crippen molar-refractivity contribution in [2.24, 2.45) is 10.7 Å². The molecule has 5 heteroatoms. The van der Waals surface area contributed by atoms with Gasteiger partial charge in [0.25, 0.3) is 0 Å². The van der Waals surface area contributed by atoms with Crippen molar-refractivity contribution in [3.8, 4) is 0 Å². The second kappa shape index (κ2) is 5.74. The molecule has 0 aliphatic carbocycles. The second-order valence-corrected chi connectivity index (χ2v) is 5.17. The minimum absolute atomic E-state index is 0.380. The van der Waals surface area contributed by atoms with E-state index in [2.05, 4.69) is 20.9 Å². The highest BCUT2D eigenvalue weighted by molar-refractivity contribution is 9.10. The summed E-state index contributed by atoms with van der Waals surface area (Å²) < 4.78 is 0.728. The molecule has 2 aromatic carbocycles. The summed E-state index contributed by atoms with van der Waals surface area (Å²) in [6, 6.07) is 13.0. The molecular weight excluding hydrogens is 335 g/mol. The van der Waals surface area contributed by atoms with Gasteiger partial charge in [-0.25, -0.2) is 4.99 Å². The summed E-state index contributed by atoms with van der Waals surface area (Å²) >= 11 is 15.4. The van der Waals surface area contributed by atoms with Gasteiger partial charge in [0, 0.05) is 10.0 Å². The molecule has 0 saturated heterocycles. The van der Waals surface area contributed by atoms with Gasteiger partial charge in [-0.1, -0.05) is 53.5 Å². The number of nitrogens with zero attached hydrogens (tertiary/aromatic N) is 1. The Morgan fingerprint density at radius 1 is 1.00 bits per heavy atom. The van der Waals surface area contributed by atoms with E-state index in [1.165, 1.54) is 0 Å². The highest BCUT2D eigenvalue weighted by Crippen LogP contribution is 2.37. The SMILES string of the molecule is NC(=Nc1ccc(Br)c(Cl)c1Cl)c1ccccc1. The van der Waals surface area contributed by atoms with Crippen molar-refractivity contribution < 1.29 is 0 Å². The van der Waals surface area contributed by atoms with Crippen molar-refractivity contribution in [2.45, 2.75) is 0 Å². The highest BCUT2D eigenvalue weighted by Gasteiger charge is 2.08. The maximum atomic E-state index is 6.11. The van der Waals surface area contributed by atoms with Crippen molar-refractivity contribution >= 4 is 50.7 Å². The van der Waals surface area contributed by atoms with Crippen LogP contribution in [-0.2, 0) is 0 Å². The van der Waals surface area contributed by atoms with E-state index in [9.17, 15) is 0 Å². The molecule has 0 spiro atoms. The van der Waals surface area contributed by atoms with Crippen LogP contribution in [0.15, 0.2) is 51.9 Å². The van der Waals surface area contributed by atoms with E-state index in [0.29, 0.717) is 21.6 Å². The number of nitrogens with two attached hydrogens (primary N) is 1. The molecule has 0 aromatic heterocycles. The van der Waals surface area contributed by atoms with E-state index in [4.69, 9.17) is 28.9 Å². The molecule has 92 valence electrons. The third-order valence-corrected chi connectivity index (χ3v) is 4.09. The maximum Gasteiger partial charge on any atom is 0.131 e. The quantitative estimate of drug-likeness (QED) is 0.475. The van der Waals surface area contributed by atoms with Crippen LogP contribution >= 0.6 is 39.1 Å². The zero-order chi connectivity index (χ0) is 13.1. The van der Waals surface area contributed by atoms with Gasteiger partial charge >= 0.3 is 0 Å². The molecule has 0 unspecified atom stereocenters. The van der Waals surface area contributed by atoms with E-state index >= 15 is 0 Å². The maximum absolute atomic E-state index is 6.11. The predicted molar refractivity (Wildman–Crippen MR) is 81.0 cm³/mol. The molecule has 0 bridgehead atoms. The fraction of sp³-hybridized carbons (Fsp3) is 0. The summed E-state index contributed by atoms with van der Waals surface area (Å²) in [5, 5.41) is 0.809. The molecular formula is C13H9BrCl2N2. The molecule has 2 rings (SSSR count). The second-order valence-electron chi connectivity index (χ2n) is 3.56. The van der Waals surface area contributed by atoms with Crippen LogP contribution in [0.25, 0.3) is 0 Å². The lowest BCUT2D eigenvalue weighted by Gasteiger charge is -2.05. The molecule has 2 nitrogen and oxygen atoms in total. The van der Waals surface area contributed by atoms with Crippen LogP contribution in [0.2, 0.25) is 10.0 Å². The smallest absolute Gasteiger partial charge is 0.131 e. The van der Waals surface area contributed by atoms with Crippen molar-refractivity contribution in [2.75, 3.05) is 0 Å². The number of benzene rings is 2. The normalized spacial score (nSPS) is 11.6. The number of rotatable bonds is 2. The number of halogens is 3. The summed E-state index contributed by atoms with van der Waals surface area (Å²) in [5.41, 5.74) is 7.31. The van der Waals surface area contributed by atoms with Crippen molar-refractivity contribution in [3.05, 3.63) is 62.5 Å². The Morgan fingerprint density at radius 3 is 2.33 bits per heavy atom. The van der Waals surface area contributed by atoms with Crippen molar-refractivity contribution in [1.82, 2.24) is 0 Å². The van der Waals surface area contributed by atoms with Gasteiger partial charge in [0.15, 0.2) is 0 Å². The predicted octanol–water partition coefficient (Wildman–Crippen LogP) is 4.79. The molecule has 0 radical (unpaired) electrons. The van der Waals surface area contributed by atoms with E-state index in [-0.39, 0.29) is 0 Å². The Bertz CT molecular complexity index is 597. The summed E-state index contributed by atoms with van der Waals surface area (Å²) in [6.45, 7) is 0. The Balaban J connectivity index is 2.43. The largest absolute Gasteiger partial charge is 0.383 e. The van der Waals surface area contributed by atoms with Crippen LogP contribution in [-0.4, -0.2) is 5.84 Å². The highest BCUT2D eigenvalue weighted by atomic mass is 79.9. The lowest BCUT2D eigenvalue weighted by Crippen LogP contribution is -2.12. The number of amidine groups is 1. The number of hydrogen-bond acceptors (Lipinski definition) is 1. The topological polar surface area (TPSA) is 38.4 Å². The Morgan fingerprint density at radius 2 is 1.67 bits per heavy atom. The summed E-state index contributed by atoms with van der Waals surface area (Å²) in [6.07, 6.45) is 0. The first-order chi connectivity index (χ1) is 8.59. The minimum Gasteiger partial charge on any atom is -0.383 e. The van der Waals surface area contributed by atoms with Gasteiger partial charge in [0.1, 0.15) is 5.84 Å². The van der Waals surface area contributed by atoms with Gasteiger partial charge in [0.2, 0.25) is 0 Å². The lowest BCUT2D eigenvalue weighted by molar-refractivity contribution is 1.44. The average Bonchev–Trinajstić information content (AvgIpc) is 2.40. The first-order valence-electron chi connectivity index (χ1n) is 5.12. The Kier molecular flexibility index (Phi) is 4.27. The zero-order valence-corrected chi connectivity index (χ0v) is 12.3. The molecule has 0 aliphatic heterocycles. The summed E-state index contributed by atoms with van der Waals surface area (Å²) in [5.74, 6) is 0.399. The van der Waals surface area contributed by atoms with E-state index < -0.39 is 0 Å². The molecule has 2 N–H and O–H groups in total. The first-order valence-corrected chi connectivity index (χ1v) is 6.67. The van der Waals surface area contributed by atoms with Gasteiger partial charge in [-0.3, -0.25) is 0 Å². The summed E-state index contributed by atoms with van der Waals surface area (Å²) in [4.78, 5) is 4.29. The average molecular weight is 344 g/mol. The lowest BCUT2D eigenvalue weighted by atomic mass is 10.2. The molecule has 0 fully saturated rings.